The monoisotopic (exact) mass is 630 g/mol. The van der Waals surface area contributed by atoms with Crippen molar-refractivity contribution in [3.8, 4) is 0 Å². The number of aryl methyl sites for hydroxylation is 1. The van der Waals surface area contributed by atoms with E-state index in [1.54, 1.807) is 11.0 Å². The van der Waals surface area contributed by atoms with Gasteiger partial charge in [-0.1, -0.05) is 30.7 Å². The molecule has 3 aromatic rings. The molecule has 0 bridgehead atoms. The summed E-state index contributed by atoms with van der Waals surface area (Å²) in [5, 5.41) is 5.97. The molecule has 5 heterocycles. The Hall–Kier alpha value is -4.32. The number of amides is 4. The van der Waals surface area contributed by atoms with Crippen LogP contribution < -0.4 is 16.4 Å². The maximum Gasteiger partial charge on any atom is 0.417 e. The molecule has 3 N–H and O–H groups in total. The lowest BCUT2D eigenvalue weighted by molar-refractivity contribution is -0.142. The average Bonchev–Trinajstić information content (AvgIpc) is 3.45. The molecule has 1 aromatic heterocycles. The van der Waals surface area contributed by atoms with Crippen molar-refractivity contribution in [2.45, 2.75) is 76.0 Å². The summed E-state index contributed by atoms with van der Waals surface area (Å²) in [5.74, 6) is -0.743. The zero-order chi connectivity index (χ0) is 31.8. The van der Waals surface area contributed by atoms with Crippen LogP contribution in [0.5, 0.6) is 0 Å². The smallest absolute Gasteiger partial charge is 0.417 e. The molecule has 244 valence electrons. The number of fused-ring (bicyclic) bond motifs is 3. The number of anilines is 1. The van der Waals surface area contributed by atoms with Crippen LogP contribution in [0.25, 0.3) is 11.1 Å². The lowest BCUT2D eigenvalue weighted by atomic mass is 9.79. The largest absolute Gasteiger partial charge is 0.436 e. The quantitative estimate of drug-likeness (QED) is 0.386. The Kier molecular flexibility index (Phi) is 8.22. The van der Waals surface area contributed by atoms with Crippen molar-refractivity contribution in [1.29, 1.82) is 0 Å². The predicted octanol–water partition coefficient (Wildman–Crippen LogP) is 4.08. The average molecular weight is 631 g/mol. The van der Waals surface area contributed by atoms with Gasteiger partial charge >= 0.3 is 17.9 Å². The molecule has 12 heteroatoms. The summed E-state index contributed by atoms with van der Waals surface area (Å²) < 4.78 is 11.4. The number of likely N-dealkylation sites (tertiary alicyclic amines) is 3. The van der Waals surface area contributed by atoms with Crippen LogP contribution in [0, 0.1) is 6.92 Å². The summed E-state index contributed by atoms with van der Waals surface area (Å²) in [6, 6.07) is 11.6. The third kappa shape index (κ3) is 5.97. The van der Waals surface area contributed by atoms with Gasteiger partial charge in [0, 0.05) is 49.9 Å². The number of rotatable bonds is 5. The first-order chi connectivity index (χ1) is 22.3. The summed E-state index contributed by atoms with van der Waals surface area (Å²) in [6.45, 7) is 6.10. The highest BCUT2D eigenvalue weighted by atomic mass is 16.6. The molecular formula is C34H42N6O6. The molecule has 0 radical (unpaired) electrons. The van der Waals surface area contributed by atoms with Gasteiger partial charge in [-0.25, -0.2) is 14.4 Å². The number of hydrogen-bond acceptors (Lipinski definition) is 7. The fourth-order valence-electron chi connectivity index (χ4n) is 7.85. The molecule has 12 nitrogen and oxygen atoms in total. The molecule has 1 unspecified atom stereocenters. The van der Waals surface area contributed by atoms with Crippen LogP contribution in [0.3, 0.4) is 0 Å². The number of oxazole rings is 1. The van der Waals surface area contributed by atoms with Gasteiger partial charge < -0.3 is 34.5 Å². The van der Waals surface area contributed by atoms with Crippen molar-refractivity contribution in [1.82, 2.24) is 25.0 Å². The highest BCUT2D eigenvalue weighted by Gasteiger charge is 2.43. The number of ether oxygens (including phenoxy) is 1. The SMILES string of the molecule is Cc1cc(CC(OC(=O)N2CCC3(CC2)NC(=O)Nc2ccccc23)C(=O)N2CCC(N3CCCCC3)CC2)cc2oc(=O)[nH]c12. The number of aromatic amines is 1. The maximum atomic E-state index is 14.1. The number of carbonyl (C=O) groups is 3. The number of nitrogens with zero attached hydrogens (tertiary/aromatic N) is 3. The molecule has 4 aliphatic rings. The van der Waals surface area contributed by atoms with Gasteiger partial charge in [-0.3, -0.25) is 9.78 Å². The van der Waals surface area contributed by atoms with E-state index in [4.69, 9.17) is 9.15 Å². The fourth-order valence-corrected chi connectivity index (χ4v) is 7.85. The van der Waals surface area contributed by atoms with Crippen LogP contribution in [-0.4, -0.2) is 89.1 Å². The van der Waals surface area contributed by atoms with Gasteiger partial charge in [-0.05, 0) is 81.8 Å². The Morgan fingerprint density at radius 2 is 1.72 bits per heavy atom. The molecule has 2 aromatic carbocycles. The van der Waals surface area contributed by atoms with Crippen molar-refractivity contribution in [2.24, 2.45) is 0 Å². The Bertz CT molecular complexity index is 1680. The second kappa shape index (κ2) is 12.5. The Balaban J connectivity index is 1.06. The van der Waals surface area contributed by atoms with E-state index in [1.165, 1.54) is 19.3 Å². The number of piperidine rings is 3. The summed E-state index contributed by atoms with van der Waals surface area (Å²) in [5.41, 5.74) is 3.79. The molecule has 1 atom stereocenters. The molecule has 4 aliphatic heterocycles. The van der Waals surface area contributed by atoms with Gasteiger partial charge in [0.15, 0.2) is 11.7 Å². The van der Waals surface area contributed by atoms with E-state index in [-0.39, 0.29) is 18.4 Å². The van der Waals surface area contributed by atoms with Crippen molar-refractivity contribution in [3.63, 3.8) is 0 Å². The molecule has 4 amide bonds. The number of urea groups is 1. The maximum absolute atomic E-state index is 14.1. The van der Waals surface area contributed by atoms with Crippen molar-refractivity contribution < 1.29 is 23.5 Å². The molecule has 3 fully saturated rings. The first-order valence-corrected chi connectivity index (χ1v) is 16.6. The molecule has 0 saturated carbocycles. The number of para-hydroxylation sites is 1. The van der Waals surface area contributed by atoms with Crippen molar-refractivity contribution in [3.05, 3.63) is 63.6 Å². The van der Waals surface area contributed by atoms with Crippen LogP contribution >= 0.6 is 0 Å². The van der Waals surface area contributed by atoms with E-state index in [1.807, 2.05) is 42.2 Å². The third-order valence-corrected chi connectivity index (χ3v) is 10.3. The normalized spacial score (nSPS) is 21.0. The van der Waals surface area contributed by atoms with Gasteiger partial charge in [0.2, 0.25) is 0 Å². The van der Waals surface area contributed by atoms with E-state index >= 15 is 0 Å². The molecule has 46 heavy (non-hydrogen) atoms. The molecule has 7 rings (SSSR count). The highest BCUT2D eigenvalue weighted by Crippen LogP contribution is 2.39. The Morgan fingerprint density at radius 1 is 0.978 bits per heavy atom. The van der Waals surface area contributed by atoms with E-state index in [0.29, 0.717) is 56.2 Å². The number of nitrogens with one attached hydrogen (secondary N) is 3. The second-order valence-corrected chi connectivity index (χ2v) is 13.2. The van der Waals surface area contributed by atoms with Crippen molar-refractivity contribution >= 4 is 34.8 Å². The van der Waals surface area contributed by atoms with Crippen molar-refractivity contribution in [2.75, 3.05) is 44.6 Å². The van der Waals surface area contributed by atoms with E-state index in [0.717, 1.165) is 48.3 Å². The lowest BCUT2D eigenvalue weighted by Gasteiger charge is -2.45. The minimum atomic E-state index is -1.03. The summed E-state index contributed by atoms with van der Waals surface area (Å²) in [6.07, 6.45) is 5.20. The van der Waals surface area contributed by atoms with Gasteiger partial charge in [0.25, 0.3) is 5.91 Å². The third-order valence-electron chi connectivity index (χ3n) is 10.3. The van der Waals surface area contributed by atoms with Gasteiger partial charge in [-0.15, -0.1) is 0 Å². The van der Waals surface area contributed by atoms with E-state index in [9.17, 15) is 19.2 Å². The molecule has 3 saturated heterocycles. The second-order valence-electron chi connectivity index (χ2n) is 13.2. The minimum Gasteiger partial charge on any atom is -0.436 e. The first-order valence-electron chi connectivity index (χ1n) is 16.6. The fraction of sp³-hybridized carbons (Fsp3) is 0.529. The summed E-state index contributed by atoms with van der Waals surface area (Å²) in [4.78, 5) is 60.8. The van der Waals surface area contributed by atoms with E-state index in [2.05, 4.69) is 20.5 Å². The topological polar surface area (TPSA) is 140 Å². The lowest BCUT2D eigenvalue weighted by Crippen LogP contribution is -2.58. The van der Waals surface area contributed by atoms with Crippen LogP contribution in [0.15, 0.2) is 45.6 Å². The summed E-state index contributed by atoms with van der Waals surface area (Å²) >= 11 is 0. The predicted molar refractivity (Wildman–Crippen MR) is 172 cm³/mol. The van der Waals surface area contributed by atoms with E-state index < -0.39 is 23.5 Å². The standard InChI is InChI=1S/C34H42N6O6/c1-22-19-23(20-27-29(22)36-32(43)45-27)21-28(30(41)39-15-9-24(10-16-39)38-13-5-2-6-14-38)46-33(44)40-17-11-34(12-18-40)25-7-3-4-8-26(25)35-31(42)37-34/h3-4,7-8,19-20,24,28H,2,5-6,9-18,21H2,1H3,(H,36,43)(H2,35,37,42). The van der Waals surface area contributed by atoms with Gasteiger partial charge in [0.1, 0.15) is 0 Å². The van der Waals surface area contributed by atoms with Crippen LogP contribution in [0.4, 0.5) is 15.3 Å². The number of H-pyrrole nitrogens is 1. The molecular weight excluding hydrogens is 588 g/mol. The van der Waals surface area contributed by atoms with Gasteiger partial charge in [-0.2, -0.15) is 0 Å². The number of aromatic nitrogens is 1. The first kappa shape index (κ1) is 30.3. The number of benzene rings is 2. The Morgan fingerprint density at radius 3 is 2.48 bits per heavy atom. The van der Waals surface area contributed by atoms with Gasteiger partial charge in [0.05, 0.1) is 11.1 Å². The Labute approximate surface area is 267 Å². The number of carbonyl (C=O) groups excluding carboxylic acids is 3. The summed E-state index contributed by atoms with van der Waals surface area (Å²) in [7, 11) is 0. The highest BCUT2D eigenvalue weighted by molar-refractivity contribution is 5.94. The zero-order valence-electron chi connectivity index (χ0n) is 26.3. The number of hydrogen-bond donors (Lipinski definition) is 3. The van der Waals surface area contributed by atoms with Crippen LogP contribution in [-0.2, 0) is 21.5 Å². The minimum absolute atomic E-state index is 0.162. The zero-order valence-corrected chi connectivity index (χ0v) is 26.3. The van der Waals surface area contributed by atoms with Crippen LogP contribution in [0.2, 0.25) is 0 Å². The van der Waals surface area contributed by atoms with Crippen LogP contribution in [0.1, 0.15) is 61.6 Å². The molecule has 1 spiro atoms. The molecule has 0 aliphatic carbocycles.